The van der Waals surface area contributed by atoms with E-state index < -0.39 is 77.9 Å². The zero-order valence-corrected chi connectivity index (χ0v) is 32.3. The van der Waals surface area contributed by atoms with E-state index in [1.165, 1.54) is 30.0 Å². The fourth-order valence-electron chi connectivity index (χ4n) is 5.76. The summed E-state index contributed by atoms with van der Waals surface area (Å²) < 4.78 is 15.7. The molecule has 0 heterocycles. The first-order chi connectivity index (χ1) is 27.4. The van der Waals surface area contributed by atoms with Gasteiger partial charge in [0.15, 0.2) is 11.6 Å². The fourth-order valence-corrected chi connectivity index (χ4v) is 5.76. The van der Waals surface area contributed by atoms with Crippen LogP contribution >= 0.6 is 0 Å². The number of Topliss-reactive ketones (excluding diaryl/α,β-unsaturated/α-hetero) is 2. The predicted molar refractivity (Wildman–Crippen MR) is 203 cm³/mol. The van der Waals surface area contributed by atoms with Crippen LogP contribution < -0.4 is 26.9 Å². The molecule has 18 heteroatoms. The minimum atomic E-state index is -1.37. The van der Waals surface area contributed by atoms with Crippen molar-refractivity contribution in [3.63, 3.8) is 0 Å². The van der Waals surface area contributed by atoms with Gasteiger partial charge >= 0.3 is 0 Å². The number of amides is 5. The number of carbonyl (C=O) groups excluding carboxylic acids is 7. The van der Waals surface area contributed by atoms with Crippen molar-refractivity contribution in [3.05, 3.63) is 65.7 Å². The Morgan fingerprint density at radius 2 is 1.19 bits per heavy atom. The number of carbonyl (C=O) groups is 7. The van der Waals surface area contributed by atoms with Gasteiger partial charge in [-0.1, -0.05) is 42.5 Å². The lowest BCUT2D eigenvalue weighted by Gasteiger charge is -2.25. The van der Waals surface area contributed by atoms with Gasteiger partial charge < -0.3 is 35.3 Å². The van der Waals surface area contributed by atoms with Crippen LogP contribution in [0.5, 0.6) is 5.75 Å². The van der Waals surface area contributed by atoms with Crippen molar-refractivity contribution in [2.75, 3.05) is 46.7 Å². The average Bonchev–Trinajstić information content (AvgIpc) is 3.20. The Morgan fingerprint density at radius 1 is 0.632 bits per heavy atom. The van der Waals surface area contributed by atoms with Gasteiger partial charge in [0.1, 0.15) is 5.75 Å². The standard InChI is InChI=1S/C39H55N5O13/c1-26(45)41-33(23-28-8-11-31(46)12-9-28)35(48)25-30(22-27-6-4-3-5-7-27)39(52)42-32(13-15-37(50)44-54)34(47)24-29(10-14-36(49)43-53)38(51)40-16-17-56-20-21-57-19-18-55-2/h3-9,11-12,29-30,32-33,46,53-54H,10,13-25H2,1-2H3,(H,40,51)(H,41,45)(H,42,52)(H,43,49)(H,44,50)/t29-,30+,32-,33+/m1/s1. The summed E-state index contributed by atoms with van der Waals surface area (Å²) in [5.74, 6) is -6.72. The number of ether oxygens (including phenoxy) is 3. The van der Waals surface area contributed by atoms with Crippen molar-refractivity contribution in [2.24, 2.45) is 11.8 Å². The van der Waals surface area contributed by atoms with Gasteiger partial charge in [-0.2, -0.15) is 0 Å². The van der Waals surface area contributed by atoms with E-state index >= 15 is 0 Å². The number of hydrogen-bond donors (Lipinski definition) is 8. The van der Waals surface area contributed by atoms with Crippen molar-refractivity contribution in [2.45, 2.75) is 70.4 Å². The Hall–Kier alpha value is -5.27. The predicted octanol–water partition coefficient (Wildman–Crippen LogP) is 0.685. The third-order valence-electron chi connectivity index (χ3n) is 8.79. The number of rotatable bonds is 29. The summed E-state index contributed by atoms with van der Waals surface area (Å²) >= 11 is 0. The molecule has 314 valence electrons. The van der Waals surface area contributed by atoms with E-state index in [-0.39, 0.29) is 64.0 Å². The SMILES string of the molecule is COCCOCCOCCNC(=O)[C@H](CCC(=O)NO)CC(=O)[C@@H](CCC(=O)NO)NC(=O)[C@H](CC(=O)[C@H](Cc1ccc(O)cc1)NC(C)=O)Cc1ccccc1. The summed E-state index contributed by atoms with van der Waals surface area (Å²) in [7, 11) is 1.55. The van der Waals surface area contributed by atoms with Crippen molar-refractivity contribution >= 4 is 41.1 Å². The molecule has 0 saturated heterocycles. The Labute approximate surface area is 331 Å². The molecular weight excluding hydrogens is 746 g/mol. The van der Waals surface area contributed by atoms with Gasteiger partial charge in [-0.25, -0.2) is 11.0 Å². The van der Waals surface area contributed by atoms with E-state index in [0.717, 1.165) is 0 Å². The molecule has 0 aromatic heterocycles. The third-order valence-corrected chi connectivity index (χ3v) is 8.79. The van der Waals surface area contributed by atoms with Crippen LogP contribution in [0, 0.1) is 11.8 Å². The number of ketones is 2. The number of phenols is 1. The van der Waals surface area contributed by atoms with Crippen LogP contribution in [0.4, 0.5) is 0 Å². The van der Waals surface area contributed by atoms with E-state index in [2.05, 4.69) is 16.0 Å². The Balaban J connectivity index is 2.28. The quantitative estimate of drug-likeness (QED) is 0.0320. The number of hydrogen-bond acceptors (Lipinski definition) is 13. The van der Waals surface area contributed by atoms with Gasteiger partial charge in [-0.15, -0.1) is 0 Å². The van der Waals surface area contributed by atoms with Crippen LogP contribution in [0.3, 0.4) is 0 Å². The van der Waals surface area contributed by atoms with Gasteiger partial charge in [0, 0.05) is 58.1 Å². The lowest BCUT2D eigenvalue weighted by atomic mass is 9.88. The molecule has 0 aliphatic heterocycles. The van der Waals surface area contributed by atoms with E-state index in [1.807, 2.05) is 0 Å². The summed E-state index contributed by atoms with van der Waals surface area (Å²) in [6, 6.07) is 12.5. The maximum atomic E-state index is 14.1. The molecule has 5 amide bonds. The van der Waals surface area contributed by atoms with Gasteiger partial charge in [-0.05, 0) is 48.9 Å². The fraction of sp³-hybridized carbons (Fsp3) is 0.513. The second-order valence-electron chi connectivity index (χ2n) is 13.3. The molecule has 0 bridgehead atoms. The van der Waals surface area contributed by atoms with Gasteiger partial charge in [0.05, 0.1) is 45.1 Å². The normalized spacial score (nSPS) is 13.0. The first kappa shape index (κ1) is 47.9. The highest BCUT2D eigenvalue weighted by atomic mass is 16.5. The maximum absolute atomic E-state index is 14.1. The average molecular weight is 802 g/mol. The number of phenolic OH excluding ortho intramolecular Hbond substituents is 1. The summed E-state index contributed by atoms with van der Waals surface area (Å²) in [6.07, 6.45) is -1.87. The first-order valence-electron chi connectivity index (χ1n) is 18.6. The first-order valence-corrected chi connectivity index (χ1v) is 18.6. The lowest BCUT2D eigenvalue weighted by molar-refractivity contribution is -0.136. The van der Waals surface area contributed by atoms with Crippen molar-refractivity contribution < 1.29 is 63.3 Å². The number of methoxy groups -OCH3 is 1. The Kier molecular flexibility index (Phi) is 23.0. The van der Waals surface area contributed by atoms with Crippen LogP contribution in [0.1, 0.15) is 56.6 Å². The highest BCUT2D eigenvalue weighted by Gasteiger charge is 2.32. The topological polar surface area (TPSA) is 268 Å². The van der Waals surface area contributed by atoms with Gasteiger partial charge in [0.2, 0.25) is 29.5 Å². The summed E-state index contributed by atoms with van der Waals surface area (Å²) in [4.78, 5) is 91.0. The smallest absolute Gasteiger partial charge is 0.243 e. The molecule has 18 nitrogen and oxygen atoms in total. The third kappa shape index (κ3) is 19.9. The molecule has 2 rings (SSSR count). The van der Waals surface area contributed by atoms with Crippen molar-refractivity contribution in [3.8, 4) is 5.75 Å². The monoisotopic (exact) mass is 801 g/mol. The Bertz CT molecular complexity index is 1580. The van der Waals surface area contributed by atoms with Gasteiger partial charge in [-0.3, -0.25) is 44.0 Å². The van der Waals surface area contributed by atoms with E-state index in [4.69, 9.17) is 24.6 Å². The van der Waals surface area contributed by atoms with Gasteiger partial charge in [0.25, 0.3) is 0 Å². The number of nitrogens with one attached hydrogen (secondary N) is 5. The highest BCUT2D eigenvalue weighted by Crippen LogP contribution is 2.20. The molecule has 2 aromatic rings. The van der Waals surface area contributed by atoms with Crippen molar-refractivity contribution in [1.29, 1.82) is 0 Å². The maximum Gasteiger partial charge on any atom is 0.243 e. The lowest BCUT2D eigenvalue weighted by Crippen LogP contribution is -2.48. The van der Waals surface area contributed by atoms with Crippen LogP contribution in [-0.2, 0) is 60.6 Å². The number of aromatic hydroxyl groups is 1. The molecule has 0 saturated carbocycles. The number of benzene rings is 2. The molecule has 57 heavy (non-hydrogen) atoms. The van der Waals surface area contributed by atoms with E-state index in [0.29, 0.717) is 30.9 Å². The highest BCUT2D eigenvalue weighted by molar-refractivity contribution is 5.96. The summed E-state index contributed by atoms with van der Waals surface area (Å²) in [5.41, 5.74) is 4.31. The molecule has 0 aliphatic rings. The van der Waals surface area contributed by atoms with Crippen LogP contribution in [0.15, 0.2) is 54.6 Å². The van der Waals surface area contributed by atoms with Crippen molar-refractivity contribution in [1.82, 2.24) is 26.9 Å². The molecule has 0 spiro atoms. The van der Waals surface area contributed by atoms with Crippen LogP contribution in [-0.4, -0.2) is 115 Å². The van der Waals surface area contributed by atoms with Crippen LogP contribution in [0.2, 0.25) is 0 Å². The second kappa shape index (κ2) is 27.3. The molecule has 2 aromatic carbocycles. The summed E-state index contributed by atoms with van der Waals surface area (Å²) in [6.45, 7) is 2.82. The second-order valence-corrected chi connectivity index (χ2v) is 13.3. The molecular formula is C39H55N5O13. The summed E-state index contributed by atoms with van der Waals surface area (Å²) in [5, 5.41) is 35.8. The molecule has 0 fully saturated rings. The minimum Gasteiger partial charge on any atom is -0.508 e. The minimum absolute atomic E-state index is 0.0186. The zero-order chi connectivity index (χ0) is 42.0. The number of hydroxylamine groups is 2. The molecule has 8 N–H and O–H groups in total. The zero-order valence-electron chi connectivity index (χ0n) is 32.3. The van der Waals surface area contributed by atoms with E-state index in [1.54, 1.807) is 49.6 Å². The van der Waals surface area contributed by atoms with E-state index in [9.17, 15) is 38.7 Å². The van der Waals surface area contributed by atoms with Crippen LogP contribution in [0.25, 0.3) is 0 Å². The molecule has 0 unspecified atom stereocenters. The molecule has 4 atom stereocenters. The largest absolute Gasteiger partial charge is 0.508 e. The Morgan fingerprint density at radius 3 is 1.81 bits per heavy atom. The molecule has 0 aliphatic carbocycles. The molecule has 0 radical (unpaired) electrons.